The van der Waals surface area contributed by atoms with Gasteiger partial charge in [-0.25, -0.2) is 0 Å². The Kier molecular flexibility index (Phi) is 12.5. The third kappa shape index (κ3) is 11.3. The molecule has 0 fully saturated rings. The summed E-state index contributed by atoms with van der Waals surface area (Å²) in [4.78, 5) is 41.0. The molecule has 8 nitrogen and oxygen atoms in total. The van der Waals surface area contributed by atoms with Gasteiger partial charge in [0.05, 0.1) is 0 Å². The predicted octanol–water partition coefficient (Wildman–Crippen LogP) is 3.93. The average molecular weight is 453 g/mol. The van der Waals surface area contributed by atoms with Gasteiger partial charge in [0.25, 0.3) is 0 Å². The highest BCUT2D eigenvalue weighted by Gasteiger charge is 2.44. The second kappa shape index (κ2) is 12.8. The summed E-state index contributed by atoms with van der Waals surface area (Å²) in [5.41, 5.74) is 2.25. The van der Waals surface area contributed by atoms with Crippen molar-refractivity contribution in [3.63, 3.8) is 0 Å². The molecular weight excluding hydrogens is 416 g/mol. The lowest BCUT2D eigenvalue weighted by Crippen LogP contribution is -2.45. The molecule has 0 aromatic heterocycles. The Hall–Kier alpha value is -0.750. The number of hydrogen-bond donors (Lipinski definition) is 5. The van der Waals surface area contributed by atoms with Crippen molar-refractivity contribution < 1.29 is 33.7 Å². The first-order chi connectivity index (χ1) is 13.2. The van der Waals surface area contributed by atoms with Crippen molar-refractivity contribution in [1.29, 1.82) is 0 Å². The summed E-state index contributed by atoms with van der Waals surface area (Å²) in [6, 6.07) is -1.05. The zero-order valence-corrected chi connectivity index (χ0v) is 19.8. The molecule has 0 aliphatic carbocycles. The van der Waals surface area contributed by atoms with Gasteiger partial charge in [-0.2, -0.15) is 0 Å². The molecule has 29 heavy (non-hydrogen) atoms. The molecule has 5 N–H and O–H groups in total. The maximum Gasteiger partial charge on any atom is 0.339 e. The third-order valence-corrected chi connectivity index (χ3v) is 9.84. The molecule has 170 valence electrons. The molecule has 0 amide bonds. The number of carboxylic acids is 1. The number of rotatable bonds is 14. The minimum Gasteiger partial charge on any atom is -0.480 e. The molecule has 4 atom stereocenters. The van der Waals surface area contributed by atoms with Crippen LogP contribution in [0.1, 0.15) is 60.3 Å². The fourth-order valence-corrected chi connectivity index (χ4v) is 6.59. The van der Waals surface area contributed by atoms with Gasteiger partial charge in [-0.05, 0) is 46.0 Å². The quantitative estimate of drug-likeness (QED) is 0.197. The van der Waals surface area contributed by atoms with Gasteiger partial charge in [-0.1, -0.05) is 43.6 Å². The first kappa shape index (κ1) is 28.2. The van der Waals surface area contributed by atoms with E-state index in [9.17, 15) is 33.7 Å². The van der Waals surface area contributed by atoms with Gasteiger partial charge >= 0.3 is 13.6 Å². The van der Waals surface area contributed by atoms with Crippen LogP contribution in [0.25, 0.3) is 0 Å². The van der Waals surface area contributed by atoms with Crippen molar-refractivity contribution in [2.24, 2.45) is 5.92 Å². The van der Waals surface area contributed by atoms with Crippen molar-refractivity contribution in [1.82, 2.24) is 5.32 Å². The molecule has 0 aromatic rings. The number of carboxylic acid groups (broad SMARTS) is 1. The molecule has 0 spiro atoms. The molecule has 0 saturated heterocycles. The van der Waals surface area contributed by atoms with Crippen molar-refractivity contribution in [2.75, 3.05) is 12.7 Å². The molecule has 0 bridgehead atoms. The van der Waals surface area contributed by atoms with E-state index in [-0.39, 0.29) is 18.5 Å². The van der Waals surface area contributed by atoms with Crippen LogP contribution < -0.4 is 5.32 Å². The molecule has 0 aliphatic rings. The van der Waals surface area contributed by atoms with E-state index >= 15 is 0 Å². The minimum absolute atomic E-state index is 0.221. The lowest BCUT2D eigenvalue weighted by Gasteiger charge is -2.27. The molecule has 2 unspecified atom stereocenters. The van der Waals surface area contributed by atoms with Crippen LogP contribution in [0.3, 0.4) is 0 Å². The minimum atomic E-state index is -4.91. The highest BCUT2D eigenvalue weighted by atomic mass is 31.2. The maximum absolute atomic E-state index is 12.7. The van der Waals surface area contributed by atoms with E-state index in [0.29, 0.717) is 6.42 Å². The van der Waals surface area contributed by atoms with Gasteiger partial charge in [0.15, 0.2) is 0 Å². The van der Waals surface area contributed by atoms with Gasteiger partial charge in [-0.15, -0.1) is 0 Å². The van der Waals surface area contributed by atoms with Crippen LogP contribution in [-0.4, -0.2) is 49.9 Å². The summed E-state index contributed by atoms with van der Waals surface area (Å²) in [5, 5.41) is 10.0. The second-order valence-electron chi connectivity index (χ2n) is 7.82. The molecular formula is C19H37NO7P2. The van der Waals surface area contributed by atoms with Crippen LogP contribution in [0.2, 0.25) is 0 Å². The van der Waals surface area contributed by atoms with Gasteiger partial charge < -0.3 is 25.1 Å². The van der Waals surface area contributed by atoms with E-state index in [1.807, 2.05) is 26.8 Å². The predicted molar refractivity (Wildman–Crippen MR) is 116 cm³/mol. The topological polar surface area (TPSA) is 144 Å². The van der Waals surface area contributed by atoms with Crippen molar-refractivity contribution >= 4 is 20.9 Å². The number of nitrogens with one attached hydrogen (secondary N) is 1. The molecule has 10 heteroatoms. The van der Waals surface area contributed by atoms with Crippen LogP contribution in [0, 0.1) is 5.92 Å². The molecule has 0 saturated carbocycles. The first-order valence-corrected chi connectivity index (χ1v) is 13.4. The van der Waals surface area contributed by atoms with Gasteiger partial charge in [0, 0.05) is 12.7 Å². The van der Waals surface area contributed by atoms with Gasteiger partial charge in [-0.3, -0.25) is 13.9 Å². The normalized spacial score (nSPS) is 17.9. The number of aliphatic carboxylic acids is 1. The monoisotopic (exact) mass is 453 g/mol. The van der Waals surface area contributed by atoms with Crippen LogP contribution in [-0.2, 0) is 13.9 Å². The van der Waals surface area contributed by atoms with E-state index in [2.05, 4.69) is 11.4 Å². The average Bonchev–Trinajstić information content (AvgIpc) is 2.55. The maximum atomic E-state index is 12.7. The van der Waals surface area contributed by atoms with E-state index in [0.717, 1.165) is 18.4 Å². The van der Waals surface area contributed by atoms with E-state index < -0.39 is 38.9 Å². The van der Waals surface area contributed by atoms with Crippen molar-refractivity contribution in [3.8, 4) is 0 Å². The Labute approximate surface area is 174 Å². The summed E-state index contributed by atoms with van der Waals surface area (Å²) >= 11 is 0. The molecule has 0 heterocycles. The molecule has 0 aromatic carbocycles. The SMILES string of the molecule is CC[C@H](C)[C@H](NCC(P(=O)(O)O)P(=O)(O)CC/C=C(\C)CCC=C(C)C)C(=O)O. The fraction of sp³-hybridized carbons (Fsp3) is 0.737. The Balaban J connectivity index is 5.12. The summed E-state index contributed by atoms with van der Waals surface area (Å²) in [6.07, 6.45) is 6.07. The highest BCUT2D eigenvalue weighted by molar-refractivity contribution is 7.74. The van der Waals surface area contributed by atoms with Gasteiger partial charge in [0.1, 0.15) is 11.4 Å². The largest absolute Gasteiger partial charge is 0.480 e. The van der Waals surface area contributed by atoms with E-state index in [4.69, 9.17) is 0 Å². The standard InChI is InChI=1S/C19H37NO7P2/c1-6-16(5)18(19(21)22)20-13-17(29(25,26)27)28(23,24)12-8-11-15(4)10-7-9-14(2)3/h9,11,16-18,20H,6-8,10,12-13H2,1-5H3,(H,21,22)(H,23,24)(H2,25,26,27)/b15-11+/t16-,17?,18-/m0/s1. The van der Waals surface area contributed by atoms with Crippen molar-refractivity contribution in [2.45, 2.75) is 71.7 Å². The third-order valence-electron chi connectivity index (χ3n) is 4.89. The molecule has 0 radical (unpaired) electrons. The Morgan fingerprint density at radius 1 is 1.07 bits per heavy atom. The van der Waals surface area contributed by atoms with Crippen LogP contribution in [0.15, 0.2) is 23.3 Å². The number of hydrogen-bond acceptors (Lipinski definition) is 4. The summed E-state index contributed by atoms with van der Waals surface area (Å²) in [6.45, 7) is 8.88. The Bertz CT molecular complexity index is 680. The van der Waals surface area contributed by atoms with Crippen LogP contribution in [0.5, 0.6) is 0 Å². The number of carbonyl (C=O) groups is 1. The lowest BCUT2D eigenvalue weighted by molar-refractivity contribution is -0.140. The molecule has 0 aliphatic heterocycles. The van der Waals surface area contributed by atoms with Crippen LogP contribution >= 0.6 is 15.0 Å². The Morgan fingerprint density at radius 3 is 2.10 bits per heavy atom. The summed E-state index contributed by atoms with van der Waals surface area (Å²) < 4.78 is 24.6. The van der Waals surface area contributed by atoms with Crippen molar-refractivity contribution in [3.05, 3.63) is 23.3 Å². The molecule has 0 rings (SSSR count). The lowest BCUT2D eigenvalue weighted by atomic mass is 9.99. The number of allylic oxidation sites excluding steroid dienone is 4. The van der Waals surface area contributed by atoms with Gasteiger partial charge in [0.2, 0.25) is 7.37 Å². The second-order valence-corrected chi connectivity index (χ2v) is 12.6. The zero-order chi connectivity index (χ0) is 22.8. The fourth-order valence-electron chi connectivity index (χ4n) is 2.83. The summed E-state index contributed by atoms with van der Waals surface area (Å²) in [5.74, 6) is -1.46. The highest BCUT2D eigenvalue weighted by Crippen LogP contribution is 2.62. The smallest absolute Gasteiger partial charge is 0.339 e. The van der Waals surface area contributed by atoms with E-state index in [1.54, 1.807) is 13.8 Å². The zero-order valence-electron chi connectivity index (χ0n) is 18.0. The first-order valence-electron chi connectivity index (χ1n) is 9.84. The van der Waals surface area contributed by atoms with Crippen LogP contribution in [0.4, 0.5) is 0 Å². The Morgan fingerprint density at radius 2 is 1.66 bits per heavy atom. The summed E-state index contributed by atoms with van der Waals surface area (Å²) in [7, 11) is -9.13. The van der Waals surface area contributed by atoms with E-state index in [1.165, 1.54) is 5.57 Å².